The first-order valence-electron chi connectivity index (χ1n) is 13.4. The van der Waals surface area contributed by atoms with Crippen molar-refractivity contribution >= 4 is 44.8 Å². The van der Waals surface area contributed by atoms with Crippen LogP contribution in [-0.2, 0) is 0 Å². The smallest absolute Gasteiger partial charge is 0.269 e. The van der Waals surface area contributed by atoms with Crippen LogP contribution in [0.3, 0.4) is 0 Å². The minimum absolute atomic E-state index is 0.00584. The van der Waals surface area contributed by atoms with Gasteiger partial charge < -0.3 is 15.0 Å². The van der Waals surface area contributed by atoms with Gasteiger partial charge in [0, 0.05) is 53.6 Å². The van der Waals surface area contributed by atoms with Crippen molar-refractivity contribution in [2.45, 2.75) is 40.2 Å². The minimum atomic E-state index is -0.435. The number of anilines is 2. The lowest BCUT2D eigenvalue weighted by Gasteiger charge is -2.32. The first kappa shape index (κ1) is 26.9. The molecule has 1 heterocycles. The Morgan fingerprint density at radius 2 is 1.70 bits per heavy atom. The van der Waals surface area contributed by atoms with Crippen molar-refractivity contribution in [1.82, 2.24) is 0 Å². The van der Waals surface area contributed by atoms with E-state index in [9.17, 15) is 10.1 Å². The van der Waals surface area contributed by atoms with Crippen molar-refractivity contribution in [2.75, 3.05) is 23.3 Å². The minimum Gasteiger partial charge on any atom is -0.454 e. The molecule has 0 aromatic heterocycles. The second kappa shape index (κ2) is 10.8. The van der Waals surface area contributed by atoms with Crippen LogP contribution < -0.4 is 15.0 Å². The standard InChI is InChI=1S/C32H33N5O3/c1-6-36(7-2)25-15-16-26-22(17-25)9-8-10-30(26)40-31-19-28-27(21(3)20-32(4,5)33-28)18-29(31)35-34-23-11-13-24(14-12-23)37(38)39/h8-20,33H,6-7H2,1-5H3/b35-34+. The van der Waals surface area contributed by atoms with Gasteiger partial charge >= 0.3 is 0 Å². The lowest BCUT2D eigenvalue weighted by atomic mass is 9.91. The van der Waals surface area contributed by atoms with Gasteiger partial charge in [0.25, 0.3) is 5.69 Å². The third-order valence-electron chi connectivity index (χ3n) is 7.06. The maximum Gasteiger partial charge on any atom is 0.269 e. The number of hydrogen-bond donors (Lipinski definition) is 1. The van der Waals surface area contributed by atoms with Gasteiger partial charge in [-0.2, -0.15) is 5.11 Å². The van der Waals surface area contributed by atoms with Crippen LogP contribution in [0.15, 0.2) is 89.1 Å². The molecule has 0 saturated heterocycles. The Bertz CT molecular complexity index is 1640. The molecule has 4 aromatic rings. The highest BCUT2D eigenvalue weighted by Gasteiger charge is 2.25. The second-order valence-corrected chi connectivity index (χ2v) is 10.4. The SMILES string of the molecule is CCN(CC)c1ccc2c(Oc3cc4c(cc3/N=N/c3ccc([N+](=O)[O-])cc3)C(C)=CC(C)(C)N4)cccc2c1. The van der Waals surface area contributed by atoms with Gasteiger partial charge in [0.2, 0.25) is 0 Å². The van der Waals surface area contributed by atoms with Crippen LogP contribution in [0.5, 0.6) is 11.5 Å². The van der Waals surface area contributed by atoms with Crippen molar-refractivity contribution < 1.29 is 9.66 Å². The normalized spacial score (nSPS) is 14.0. The molecule has 0 aliphatic carbocycles. The number of azo groups is 1. The Balaban J connectivity index is 1.57. The molecule has 5 rings (SSSR count). The summed E-state index contributed by atoms with van der Waals surface area (Å²) in [6, 6.07) is 22.4. The van der Waals surface area contributed by atoms with E-state index in [4.69, 9.17) is 4.74 Å². The van der Waals surface area contributed by atoms with E-state index < -0.39 is 4.92 Å². The Labute approximate surface area is 234 Å². The number of nitro groups is 1. The maximum absolute atomic E-state index is 11.0. The molecule has 1 aliphatic heterocycles. The van der Waals surface area contributed by atoms with Crippen LogP contribution in [0.4, 0.5) is 28.4 Å². The van der Waals surface area contributed by atoms with E-state index in [1.807, 2.05) is 24.3 Å². The van der Waals surface area contributed by atoms with Gasteiger partial charge in [0.05, 0.1) is 16.1 Å². The zero-order chi connectivity index (χ0) is 28.4. The maximum atomic E-state index is 11.0. The molecule has 204 valence electrons. The van der Waals surface area contributed by atoms with Crippen molar-refractivity contribution in [1.29, 1.82) is 0 Å². The fourth-order valence-corrected chi connectivity index (χ4v) is 5.15. The number of non-ortho nitro benzene ring substituents is 1. The first-order chi connectivity index (χ1) is 19.2. The highest BCUT2D eigenvalue weighted by molar-refractivity contribution is 5.91. The summed E-state index contributed by atoms with van der Waals surface area (Å²) in [6.07, 6.45) is 2.19. The van der Waals surface area contributed by atoms with Crippen LogP contribution >= 0.6 is 0 Å². The molecule has 40 heavy (non-hydrogen) atoms. The average molecular weight is 536 g/mol. The largest absolute Gasteiger partial charge is 0.454 e. The van der Waals surface area contributed by atoms with E-state index in [-0.39, 0.29) is 11.2 Å². The Morgan fingerprint density at radius 3 is 2.40 bits per heavy atom. The van der Waals surface area contributed by atoms with E-state index >= 15 is 0 Å². The second-order valence-electron chi connectivity index (χ2n) is 10.4. The molecule has 8 nitrogen and oxygen atoms in total. The van der Waals surface area contributed by atoms with Gasteiger partial charge in [-0.1, -0.05) is 18.2 Å². The topological polar surface area (TPSA) is 92.4 Å². The molecule has 0 saturated carbocycles. The summed E-state index contributed by atoms with van der Waals surface area (Å²) in [4.78, 5) is 12.9. The van der Waals surface area contributed by atoms with Crippen LogP contribution in [0.2, 0.25) is 0 Å². The Kier molecular flexibility index (Phi) is 7.26. The van der Waals surface area contributed by atoms with Crippen LogP contribution in [0.25, 0.3) is 16.3 Å². The fourth-order valence-electron chi connectivity index (χ4n) is 5.15. The molecule has 0 unspecified atom stereocenters. The number of rotatable bonds is 8. The molecule has 0 radical (unpaired) electrons. The molecular weight excluding hydrogens is 502 g/mol. The summed E-state index contributed by atoms with van der Waals surface area (Å²) in [5.74, 6) is 1.28. The number of ether oxygens (including phenoxy) is 1. The molecule has 4 aromatic carbocycles. The van der Waals surface area contributed by atoms with Crippen LogP contribution in [0.1, 0.15) is 40.2 Å². The molecule has 0 amide bonds. The van der Waals surface area contributed by atoms with E-state index in [0.717, 1.165) is 46.4 Å². The summed E-state index contributed by atoms with van der Waals surface area (Å²) in [5.41, 5.74) is 5.14. The van der Waals surface area contributed by atoms with Gasteiger partial charge in [-0.05, 0) is 88.0 Å². The number of benzene rings is 4. The van der Waals surface area contributed by atoms with Crippen molar-refractivity contribution in [3.8, 4) is 11.5 Å². The average Bonchev–Trinajstić information content (AvgIpc) is 2.92. The molecule has 1 aliphatic rings. The monoisotopic (exact) mass is 535 g/mol. The van der Waals surface area contributed by atoms with Gasteiger partial charge in [-0.15, -0.1) is 5.11 Å². The zero-order valence-corrected chi connectivity index (χ0v) is 23.4. The Morgan fingerprint density at radius 1 is 0.950 bits per heavy atom. The third-order valence-corrected chi connectivity index (χ3v) is 7.06. The summed E-state index contributed by atoms with van der Waals surface area (Å²) in [5, 5.41) is 25.6. The van der Waals surface area contributed by atoms with Crippen LogP contribution in [0, 0.1) is 10.1 Å². The van der Waals surface area contributed by atoms with E-state index in [1.165, 1.54) is 17.8 Å². The van der Waals surface area contributed by atoms with Crippen LogP contribution in [-0.4, -0.2) is 23.6 Å². The number of allylic oxidation sites excluding steroid dienone is 1. The molecule has 0 atom stereocenters. The third kappa shape index (κ3) is 5.52. The lowest BCUT2D eigenvalue weighted by molar-refractivity contribution is -0.384. The van der Waals surface area contributed by atoms with Crippen molar-refractivity contribution in [3.05, 3.63) is 94.6 Å². The van der Waals surface area contributed by atoms with Gasteiger partial charge in [-0.3, -0.25) is 10.1 Å². The van der Waals surface area contributed by atoms with Crippen molar-refractivity contribution in [3.63, 3.8) is 0 Å². The highest BCUT2D eigenvalue weighted by Crippen LogP contribution is 2.44. The predicted octanol–water partition coefficient (Wildman–Crippen LogP) is 9.41. The number of nitro benzene ring substituents is 1. The van der Waals surface area contributed by atoms with E-state index in [1.54, 1.807) is 12.1 Å². The zero-order valence-electron chi connectivity index (χ0n) is 23.4. The number of nitrogens with one attached hydrogen (secondary N) is 1. The van der Waals surface area contributed by atoms with Crippen molar-refractivity contribution in [2.24, 2.45) is 10.2 Å². The van der Waals surface area contributed by atoms with Gasteiger partial charge in [-0.25, -0.2) is 0 Å². The molecule has 0 bridgehead atoms. The van der Waals surface area contributed by atoms with Gasteiger partial charge in [0.15, 0.2) is 5.75 Å². The summed E-state index contributed by atoms with van der Waals surface area (Å²) < 4.78 is 6.57. The number of nitrogens with zero attached hydrogens (tertiary/aromatic N) is 4. The number of hydrogen-bond acceptors (Lipinski definition) is 7. The van der Waals surface area contributed by atoms with E-state index in [0.29, 0.717) is 17.1 Å². The highest BCUT2D eigenvalue weighted by atomic mass is 16.6. The summed E-state index contributed by atoms with van der Waals surface area (Å²) in [7, 11) is 0. The quantitative estimate of drug-likeness (QED) is 0.138. The molecule has 1 N–H and O–H groups in total. The van der Waals surface area contributed by atoms with E-state index in [2.05, 4.69) is 85.4 Å². The molecule has 0 spiro atoms. The molecule has 0 fully saturated rings. The first-order valence-corrected chi connectivity index (χ1v) is 13.4. The predicted molar refractivity (Wildman–Crippen MR) is 163 cm³/mol. The molecule has 8 heteroatoms. The summed E-state index contributed by atoms with van der Waals surface area (Å²) >= 11 is 0. The lowest BCUT2D eigenvalue weighted by Crippen LogP contribution is -2.31. The fraction of sp³-hybridized carbons (Fsp3) is 0.250. The number of fused-ring (bicyclic) bond motifs is 2. The Hall–Kier alpha value is -4.72. The molecular formula is C32H33N5O3. The van der Waals surface area contributed by atoms with Gasteiger partial charge in [0.1, 0.15) is 11.4 Å². The summed E-state index contributed by atoms with van der Waals surface area (Å²) in [6.45, 7) is 12.5.